The monoisotopic (exact) mass is 492 g/mol. The molecule has 1 aromatic carbocycles. The lowest BCUT2D eigenvalue weighted by Crippen LogP contribution is -2.22. The second kappa shape index (κ2) is 19.0. The molecule has 0 radical (unpaired) electrons. The minimum absolute atomic E-state index is 0.0242. The number of phenols is 1. The van der Waals surface area contributed by atoms with Crippen LogP contribution in [-0.4, -0.2) is 18.1 Å². The van der Waals surface area contributed by atoms with E-state index >= 15 is 0 Å². The molecule has 5 nitrogen and oxygen atoms in total. The number of methoxy groups -OCH3 is 1. The van der Waals surface area contributed by atoms with Crippen LogP contribution < -0.4 is 10.1 Å². The van der Waals surface area contributed by atoms with Crippen LogP contribution in [0.4, 0.5) is 0 Å². The zero-order valence-electron chi connectivity index (χ0n) is 22.3. The predicted octanol–water partition coefficient (Wildman–Crippen LogP) is 7.69. The van der Waals surface area contributed by atoms with E-state index in [1.165, 1.54) is 7.11 Å². The van der Waals surface area contributed by atoms with E-state index in [1.54, 1.807) is 18.2 Å². The largest absolute Gasteiger partial charge is 0.504 e. The summed E-state index contributed by atoms with van der Waals surface area (Å²) in [5.74, 6) is 0.523. The van der Waals surface area contributed by atoms with Crippen LogP contribution in [-0.2, 0) is 11.3 Å². The Bertz CT molecular complexity index is 920. The van der Waals surface area contributed by atoms with E-state index in [9.17, 15) is 9.90 Å². The molecule has 196 valence electrons. The smallest absolute Gasteiger partial charge is 0.220 e. The van der Waals surface area contributed by atoms with Crippen molar-refractivity contribution in [3.63, 3.8) is 0 Å². The normalized spacial score (nSPS) is 12.2. The summed E-state index contributed by atoms with van der Waals surface area (Å²) in [5.41, 5.74) is 1.08. The number of allylic oxidation sites excluding steroid dienone is 8. The molecule has 0 atom stereocenters. The van der Waals surface area contributed by atoms with Crippen LogP contribution >= 0.6 is 0 Å². The lowest BCUT2D eigenvalue weighted by molar-refractivity contribution is -0.121. The maximum atomic E-state index is 12.0. The molecule has 0 aliphatic carbocycles. The van der Waals surface area contributed by atoms with E-state index < -0.39 is 0 Å². The Hall–Kier alpha value is -3.26. The number of carbonyl (C=O) groups excluding carboxylic acids is 1. The van der Waals surface area contributed by atoms with E-state index in [1.807, 2.05) is 0 Å². The molecule has 1 aromatic rings. The molecule has 0 bridgehead atoms. The van der Waals surface area contributed by atoms with Crippen molar-refractivity contribution < 1.29 is 14.6 Å². The van der Waals surface area contributed by atoms with Gasteiger partial charge in [0, 0.05) is 19.4 Å². The van der Waals surface area contributed by atoms with E-state index in [0.29, 0.717) is 25.1 Å². The van der Waals surface area contributed by atoms with Crippen molar-refractivity contribution >= 4 is 5.91 Å². The summed E-state index contributed by atoms with van der Waals surface area (Å²) >= 11 is 0. The molecule has 0 saturated carbocycles. The van der Waals surface area contributed by atoms with Gasteiger partial charge in [0.25, 0.3) is 0 Å². The van der Waals surface area contributed by atoms with Crippen molar-refractivity contribution in [2.45, 2.75) is 84.6 Å². The van der Waals surface area contributed by atoms with Crippen molar-refractivity contribution in [2.75, 3.05) is 7.11 Å². The first-order valence-electron chi connectivity index (χ1n) is 13.0. The Morgan fingerprint density at radius 2 is 1.69 bits per heavy atom. The number of nitrogens with one attached hydrogen (secondary N) is 1. The van der Waals surface area contributed by atoms with Crippen LogP contribution in [0.15, 0.2) is 66.8 Å². The number of nitrogens with zero attached hydrogens (tertiary/aromatic N) is 1. The lowest BCUT2D eigenvalue weighted by Gasteiger charge is -2.19. The quantitative estimate of drug-likeness (QED) is 0.162. The van der Waals surface area contributed by atoms with Crippen LogP contribution in [0.1, 0.15) is 83.6 Å². The number of hydrogen-bond donors (Lipinski definition) is 2. The van der Waals surface area contributed by atoms with Crippen LogP contribution in [0, 0.1) is 16.7 Å². The number of aromatic hydroxyl groups is 1. The first kappa shape index (κ1) is 30.8. The molecule has 0 aromatic heterocycles. The number of rotatable bonds is 18. The van der Waals surface area contributed by atoms with Gasteiger partial charge in [-0.25, -0.2) is 0 Å². The Morgan fingerprint density at radius 1 is 1.03 bits per heavy atom. The number of amides is 1. The Labute approximate surface area is 218 Å². The third-order valence-electron chi connectivity index (χ3n) is 5.75. The first-order chi connectivity index (χ1) is 17.4. The molecular formula is C31H44N2O3. The topological polar surface area (TPSA) is 82.3 Å². The fraction of sp³-hybridized carbons (Fsp3) is 0.484. The fourth-order valence-corrected chi connectivity index (χ4v) is 3.59. The number of benzene rings is 1. The summed E-state index contributed by atoms with van der Waals surface area (Å²) in [6, 6.07) is 7.27. The third kappa shape index (κ3) is 15.6. The van der Waals surface area contributed by atoms with Gasteiger partial charge in [0.1, 0.15) is 0 Å². The molecule has 0 heterocycles. The predicted molar refractivity (Wildman–Crippen MR) is 149 cm³/mol. The van der Waals surface area contributed by atoms with Crippen LogP contribution in [0.3, 0.4) is 0 Å². The highest BCUT2D eigenvalue weighted by Gasteiger charge is 2.12. The highest BCUT2D eigenvalue weighted by molar-refractivity contribution is 5.75. The third-order valence-corrected chi connectivity index (χ3v) is 5.75. The molecule has 0 unspecified atom stereocenters. The summed E-state index contributed by atoms with van der Waals surface area (Å²) in [6.07, 6.45) is 26.4. The summed E-state index contributed by atoms with van der Waals surface area (Å²) < 4.78 is 5.08. The highest BCUT2D eigenvalue weighted by atomic mass is 16.5. The van der Waals surface area contributed by atoms with Crippen LogP contribution in [0.5, 0.6) is 11.5 Å². The van der Waals surface area contributed by atoms with Gasteiger partial charge in [-0.1, -0.05) is 74.9 Å². The van der Waals surface area contributed by atoms with Crippen molar-refractivity contribution in [3.05, 3.63) is 72.4 Å². The van der Waals surface area contributed by atoms with Crippen LogP contribution in [0.2, 0.25) is 0 Å². The van der Waals surface area contributed by atoms with E-state index in [4.69, 9.17) is 10.00 Å². The van der Waals surface area contributed by atoms with Gasteiger partial charge < -0.3 is 15.2 Å². The van der Waals surface area contributed by atoms with Gasteiger partial charge in [-0.3, -0.25) is 4.79 Å². The van der Waals surface area contributed by atoms with Gasteiger partial charge in [-0.2, -0.15) is 5.26 Å². The molecule has 5 heteroatoms. The van der Waals surface area contributed by atoms with Gasteiger partial charge in [0.2, 0.25) is 5.91 Å². The minimum atomic E-state index is 0.0242. The molecule has 0 aliphatic heterocycles. The number of phenolic OH excluding ortho intramolecular Hbond substituents is 1. The van der Waals surface area contributed by atoms with Gasteiger partial charge in [-0.15, -0.1) is 0 Å². The zero-order valence-corrected chi connectivity index (χ0v) is 22.3. The molecule has 0 aliphatic rings. The van der Waals surface area contributed by atoms with Crippen molar-refractivity contribution in [1.82, 2.24) is 5.32 Å². The standard InChI is InChI=1S/C31H44N2O3/c1-31(2,23-17-14-18-24-32)22-16-13-11-9-7-5-4-6-8-10-12-15-19-30(35)33-26-27-20-21-28(34)29(25-27)36-3/h4-5,8-11,16,20-22,25,34H,6-7,12-15,17-19,23,26H2,1-3H3,(H,33,35)/b5-4-,10-8-,11-9-,22-16-. The minimum Gasteiger partial charge on any atom is -0.504 e. The Balaban J connectivity index is 2.08. The molecule has 1 rings (SSSR count). The van der Waals surface area contributed by atoms with Crippen molar-refractivity contribution in [2.24, 2.45) is 5.41 Å². The second-order valence-corrected chi connectivity index (χ2v) is 9.55. The van der Waals surface area contributed by atoms with Crippen molar-refractivity contribution in [1.29, 1.82) is 5.26 Å². The summed E-state index contributed by atoms with van der Waals surface area (Å²) in [5, 5.41) is 21.1. The number of nitriles is 1. The zero-order chi connectivity index (χ0) is 26.5. The molecule has 0 fully saturated rings. The van der Waals surface area contributed by atoms with Crippen LogP contribution in [0.25, 0.3) is 0 Å². The number of unbranched alkanes of at least 4 members (excludes halogenated alkanes) is 3. The number of ether oxygens (including phenoxy) is 1. The average Bonchev–Trinajstić information content (AvgIpc) is 2.86. The molecule has 1 amide bonds. The van der Waals surface area contributed by atoms with Gasteiger partial charge in [0.15, 0.2) is 11.5 Å². The van der Waals surface area contributed by atoms with E-state index in [-0.39, 0.29) is 17.1 Å². The molecule has 36 heavy (non-hydrogen) atoms. The number of hydrogen-bond acceptors (Lipinski definition) is 4. The Morgan fingerprint density at radius 3 is 2.36 bits per heavy atom. The maximum Gasteiger partial charge on any atom is 0.220 e. The van der Waals surface area contributed by atoms with E-state index in [2.05, 4.69) is 73.8 Å². The Kier molecular flexibility index (Phi) is 16.2. The molecule has 0 spiro atoms. The summed E-state index contributed by atoms with van der Waals surface area (Å²) in [6.45, 7) is 4.92. The summed E-state index contributed by atoms with van der Waals surface area (Å²) in [4.78, 5) is 12.0. The lowest BCUT2D eigenvalue weighted by atomic mass is 9.86. The first-order valence-corrected chi connectivity index (χ1v) is 13.0. The van der Waals surface area contributed by atoms with Gasteiger partial charge in [-0.05, 0) is 68.1 Å². The second-order valence-electron chi connectivity index (χ2n) is 9.55. The average molecular weight is 493 g/mol. The maximum absolute atomic E-state index is 12.0. The number of carbonyl (C=O) groups is 1. The molecular weight excluding hydrogens is 448 g/mol. The van der Waals surface area contributed by atoms with Gasteiger partial charge in [0.05, 0.1) is 13.2 Å². The van der Waals surface area contributed by atoms with Gasteiger partial charge >= 0.3 is 0 Å². The highest BCUT2D eigenvalue weighted by Crippen LogP contribution is 2.26. The summed E-state index contributed by atoms with van der Waals surface area (Å²) in [7, 11) is 1.50. The fourth-order valence-electron chi connectivity index (χ4n) is 3.59. The molecule has 0 saturated heterocycles. The molecule has 2 N–H and O–H groups in total. The van der Waals surface area contributed by atoms with E-state index in [0.717, 1.165) is 56.9 Å². The van der Waals surface area contributed by atoms with Crippen molar-refractivity contribution in [3.8, 4) is 17.6 Å². The SMILES string of the molecule is COc1cc(CNC(=O)CCC/C=C\C/C=C\C/C=C\C/C=C\C(C)(C)CCCCC#N)ccc1O.